The number of nitrogens with two attached hydrogens (primary N) is 1. The quantitative estimate of drug-likeness (QED) is 0.619. The van der Waals surface area contributed by atoms with Crippen molar-refractivity contribution in [1.82, 2.24) is 14.5 Å². The van der Waals surface area contributed by atoms with Crippen molar-refractivity contribution in [2.75, 3.05) is 25.4 Å². The maximum Gasteiger partial charge on any atom is 0.272 e. The van der Waals surface area contributed by atoms with Gasteiger partial charge >= 0.3 is 0 Å². The van der Waals surface area contributed by atoms with Crippen molar-refractivity contribution in [3.8, 4) is 17.2 Å². The van der Waals surface area contributed by atoms with Crippen LogP contribution in [0.4, 0.5) is 10.2 Å². The van der Waals surface area contributed by atoms with Crippen LogP contribution in [-0.2, 0) is 7.05 Å². The number of aromatic nitrogens is 2. The molecule has 0 unspecified atom stereocenters. The van der Waals surface area contributed by atoms with Gasteiger partial charge in [0.15, 0.2) is 11.5 Å². The molecule has 1 fully saturated rings. The molecule has 1 aliphatic rings. The molecule has 168 valence electrons. The second-order valence-electron chi connectivity index (χ2n) is 7.81. The van der Waals surface area contributed by atoms with Crippen LogP contribution in [0.25, 0.3) is 0 Å². The largest absolute Gasteiger partial charge is 0.490 e. The lowest BCUT2D eigenvalue weighted by atomic mass is 9.93. The summed E-state index contributed by atoms with van der Waals surface area (Å²) < 4.78 is 26.6. The van der Waals surface area contributed by atoms with Gasteiger partial charge in [-0.25, -0.2) is 9.37 Å². The van der Waals surface area contributed by atoms with Gasteiger partial charge in [0, 0.05) is 37.8 Å². The average molecular weight is 439 g/mol. The molecule has 1 amide bonds. The van der Waals surface area contributed by atoms with Crippen molar-refractivity contribution >= 4 is 11.7 Å². The maximum atomic E-state index is 13.1. The monoisotopic (exact) mass is 438 g/mol. The predicted molar refractivity (Wildman–Crippen MR) is 120 cm³/mol. The van der Waals surface area contributed by atoms with Gasteiger partial charge < -0.3 is 24.7 Å². The van der Waals surface area contributed by atoms with E-state index in [0.717, 1.165) is 18.7 Å². The van der Waals surface area contributed by atoms with E-state index in [1.807, 2.05) is 29.5 Å². The van der Waals surface area contributed by atoms with Gasteiger partial charge in [0.2, 0.25) is 0 Å². The Morgan fingerprint density at radius 3 is 2.50 bits per heavy atom. The summed E-state index contributed by atoms with van der Waals surface area (Å²) in [6.07, 6.45) is 3.21. The Labute approximate surface area is 186 Å². The van der Waals surface area contributed by atoms with E-state index in [4.69, 9.17) is 15.2 Å². The third-order valence-corrected chi connectivity index (χ3v) is 5.79. The van der Waals surface area contributed by atoms with Gasteiger partial charge in [-0.3, -0.25) is 4.79 Å². The molecule has 0 saturated carbocycles. The summed E-state index contributed by atoms with van der Waals surface area (Å²) in [5.74, 6) is 1.88. The zero-order valence-corrected chi connectivity index (χ0v) is 18.3. The zero-order chi connectivity index (χ0) is 22.7. The number of hydrogen-bond acceptors (Lipinski definition) is 5. The summed E-state index contributed by atoms with van der Waals surface area (Å²) in [5, 5.41) is 0. The van der Waals surface area contributed by atoms with E-state index >= 15 is 0 Å². The van der Waals surface area contributed by atoms with Gasteiger partial charge in [-0.1, -0.05) is 0 Å². The van der Waals surface area contributed by atoms with E-state index < -0.39 is 0 Å². The minimum absolute atomic E-state index is 0.135. The van der Waals surface area contributed by atoms with Crippen molar-refractivity contribution in [3.63, 3.8) is 0 Å². The standard InChI is InChI=1S/C24H27FN4O3/c1-3-31-21-14-19(27-15-22(21)32-18-6-4-17(25)5-7-18)24(30)29-12-10-16(11-13-29)20-8-9-23(26)28(20)2/h4-9,14-16H,3,10-13,26H2,1-2H3. The molecule has 7 nitrogen and oxygen atoms in total. The number of hydrogen-bond donors (Lipinski definition) is 1. The van der Waals surface area contributed by atoms with Crippen LogP contribution in [0.1, 0.15) is 41.9 Å². The molecule has 1 aromatic carbocycles. The molecular weight excluding hydrogens is 411 g/mol. The van der Waals surface area contributed by atoms with Crippen LogP contribution in [0.2, 0.25) is 0 Å². The number of halogens is 1. The van der Waals surface area contributed by atoms with Gasteiger partial charge in [0.1, 0.15) is 23.1 Å². The molecule has 1 saturated heterocycles. The van der Waals surface area contributed by atoms with Gasteiger partial charge in [-0.2, -0.15) is 0 Å². The molecule has 0 aliphatic carbocycles. The molecule has 8 heteroatoms. The van der Waals surface area contributed by atoms with E-state index in [0.29, 0.717) is 48.6 Å². The number of carbonyl (C=O) groups is 1. The van der Waals surface area contributed by atoms with Crippen molar-refractivity contribution in [3.05, 3.63) is 65.9 Å². The number of ether oxygens (including phenoxy) is 2. The molecule has 0 radical (unpaired) electrons. The topological polar surface area (TPSA) is 82.6 Å². The summed E-state index contributed by atoms with van der Waals surface area (Å²) in [7, 11) is 1.97. The Morgan fingerprint density at radius 2 is 1.88 bits per heavy atom. The zero-order valence-electron chi connectivity index (χ0n) is 18.3. The first-order valence-electron chi connectivity index (χ1n) is 10.7. The Kier molecular flexibility index (Phi) is 6.30. The molecule has 0 bridgehead atoms. The van der Waals surface area contributed by atoms with Crippen LogP contribution in [-0.4, -0.2) is 40.1 Å². The highest BCUT2D eigenvalue weighted by atomic mass is 19.1. The number of pyridine rings is 1. The summed E-state index contributed by atoms with van der Waals surface area (Å²) >= 11 is 0. The minimum Gasteiger partial charge on any atom is -0.490 e. The summed E-state index contributed by atoms with van der Waals surface area (Å²) in [6.45, 7) is 3.55. The van der Waals surface area contributed by atoms with E-state index in [2.05, 4.69) is 11.1 Å². The van der Waals surface area contributed by atoms with Gasteiger partial charge in [-0.15, -0.1) is 0 Å². The Bertz CT molecular complexity index is 1090. The number of amides is 1. The first-order chi connectivity index (χ1) is 15.5. The van der Waals surface area contributed by atoms with Crippen LogP contribution in [0.5, 0.6) is 17.2 Å². The number of nitrogen functional groups attached to an aromatic ring is 1. The molecule has 4 rings (SSSR count). The molecular formula is C24H27FN4O3. The fourth-order valence-electron chi connectivity index (χ4n) is 4.01. The molecule has 1 aliphatic heterocycles. The van der Waals surface area contributed by atoms with E-state index in [1.54, 1.807) is 6.07 Å². The lowest BCUT2D eigenvalue weighted by Crippen LogP contribution is -2.38. The Balaban J connectivity index is 1.46. The summed E-state index contributed by atoms with van der Waals surface area (Å²) in [6, 6.07) is 11.3. The highest BCUT2D eigenvalue weighted by molar-refractivity contribution is 5.93. The lowest BCUT2D eigenvalue weighted by molar-refractivity contribution is 0.0705. The van der Waals surface area contributed by atoms with Crippen molar-refractivity contribution in [1.29, 1.82) is 0 Å². The molecule has 3 heterocycles. The van der Waals surface area contributed by atoms with Crippen LogP contribution in [0.15, 0.2) is 48.7 Å². The first kappa shape index (κ1) is 21.7. The molecule has 3 aromatic rings. The number of carbonyl (C=O) groups excluding carboxylic acids is 1. The van der Waals surface area contributed by atoms with Crippen LogP contribution in [0.3, 0.4) is 0 Å². The van der Waals surface area contributed by atoms with Crippen LogP contribution in [0, 0.1) is 5.82 Å². The molecule has 32 heavy (non-hydrogen) atoms. The number of anilines is 1. The minimum atomic E-state index is -0.346. The number of piperidine rings is 1. The van der Waals surface area contributed by atoms with Crippen molar-refractivity contribution in [2.24, 2.45) is 7.05 Å². The Hall–Kier alpha value is -3.55. The molecule has 0 spiro atoms. The smallest absolute Gasteiger partial charge is 0.272 e. The first-order valence-corrected chi connectivity index (χ1v) is 10.7. The highest BCUT2D eigenvalue weighted by Gasteiger charge is 2.27. The van der Waals surface area contributed by atoms with E-state index in [9.17, 15) is 9.18 Å². The van der Waals surface area contributed by atoms with Gasteiger partial charge in [0.25, 0.3) is 5.91 Å². The Morgan fingerprint density at radius 1 is 1.16 bits per heavy atom. The predicted octanol–water partition coefficient (Wildman–Crippen LogP) is 4.35. The SMILES string of the molecule is CCOc1cc(C(=O)N2CCC(c3ccc(N)n3C)CC2)ncc1Oc1ccc(F)cc1. The molecule has 2 N–H and O–H groups in total. The van der Waals surface area contributed by atoms with Crippen LogP contribution >= 0.6 is 0 Å². The molecule has 2 aromatic heterocycles. The summed E-state index contributed by atoms with van der Waals surface area (Å²) in [4.78, 5) is 19.2. The number of benzene rings is 1. The van der Waals surface area contributed by atoms with E-state index in [1.165, 1.54) is 36.2 Å². The van der Waals surface area contributed by atoms with Gasteiger partial charge in [-0.05, 0) is 56.2 Å². The van der Waals surface area contributed by atoms with Gasteiger partial charge in [0.05, 0.1) is 12.8 Å². The third-order valence-electron chi connectivity index (χ3n) is 5.79. The summed E-state index contributed by atoms with van der Waals surface area (Å²) in [5.41, 5.74) is 7.47. The average Bonchev–Trinajstić information content (AvgIpc) is 3.14. The third kappa shape index (κ3) is 4.54. The second-order valence-corrected chi connectivity index (χ2v) is 7.81. The van der Waals surface area contributed by atoms with Crippen molar-refractivity contribution in [2.45, 2.75) is 25.7 Å². The number of nitrogens with zero attached hydrogens (tertiary/aromatic N) is 3. The maximum absolute atomic E-state index is 13.1. The number of likely N-dealkylation sites (tertiary alicyclic amines) is 1. The van der Waals surface area contributed by atoms with Crippen molar-refractivity contribution < 1.29 is 18.7 Å². The lowest BCUT2D eigenvalue weighted by Gasteiger charge is -2.32. The van der Waals surface area contributed by atoms with E-state index in [-0.39, 0.29) is 11.7 Å². The fourth-order valence-corrected chi connectivity index (χ4v) is 4.01. The van der Waals surface area contributed by atoms with Crippen LogP contribution < -0.4 is 15.2 Å². The molecule has 0 atom stereocenters. The fraction of sp³-hybridized carbons (Fsp3) is 0.333. The normalized spacial score (nSPS) is 14.4. The highest BCUT2D eigenvalue weighted by Crippen LogP contribution is 2.33. The number of rotatable bonds is 6. The second kappa shape index (κ2) is 9.30.